The maximum Gasteiger partial charge on any atom is 0.276 e. The number of rotatable bonds is 5. The fraction of sp³-hybridized carbons (Fsp3) is 0.100. The molecule has 2 aromatic carbocycles. The molecule has 4 nitrogen and oxygen atoms in total. The molecule has 1 saturated heterocycles. The molecule has 1 fully saturated rings. The van der Waals surface area contributed by atoms with Crippen LogP contribution < -0.4 is 10.1 Å². The van der Waals surface area contributed by atoms with E-state index in [0.717, 1.165) is 11.1 Å². The molecule has 3 rings (SSSR count). The van der Waals surface area contributed by atoms with Crippen molar-refractivity contribution >= 4 is 40.9 Å². The van der Waals surface area contributed by atoms with Crippen molar-refractivity contribution in [2.75, 3.05) is 6.61 Å². The second kappa shape index (κ2) is 8.05. The highest BCUT2D eigenvalue weighted by Crippen LogP contribution is 2.24. The first kappa shape index (κ1) is 18.0. The fourth-order valence-electron chi connectivity index (χ4n) is 2.52. The van der Waals surface area contributed by atoms with Crippen LogP contribution in [-0.4, -0.2) is 22.5 Å². The van der Waals surface area contributed by atoms with Crippen molar-refractivity contribution in [2.45, 2.75) is 6.54 Å². The zero-order valence-electron chi connectivity index (χ0n) is 13.7. The highest BCUT2D eigenvalue weighted by Gasteiger charge is 2.31. The minimum absolute atomic E-state index is 0.151. The van der Waals surface area contributed by atoms with E-state index in [4.69, 9.17) is 35.0 Å². The number of terminal acetylenes is 1. The second-order valence-electron chi connectivity index (χ2n) is 5.50. The highest BCUT2D eigenvalue weighted by atomic mass is 35.5. The second-order valence-corrected chi connectivity index (χ2v) is 6.30. The first-order valence-electron chi connectivity index (χ1n) is 7.83. The Morgan fingerprint density at radius 3 is 2.73 bits per heavy atom. The Kier molecular flexibility index (Phi) is 5.57. The van der Waals surface area contributed by atoms with Gasteiger partial charge in [0.15, 0.2) is 5.11 Å². The predicted octanol–water partition coefficient (Wildman–Crippen LogP) is 3.61. The van der Waals surface area contributed by atoms with Crippen LogP contribution in [0.25, 0.3) is 6.08 Å². The summed E-state index contributed by atoms with van der Waals surface area (Å²) >= 11 is 11.5. The number of carbonyl (C=O) groups excluding carboxylic acids is 1. The number of para-hydroxylation sites is 1. The molecule has 1 aliphatic rings. The van der Waals surface area contributed by atoms with Gasteiger partial charge in [0.05, 0.1) is 6.54 Å². The molecule has 0 radical (unpaired) electrons. The summed E-state index contributed by atoms with van der Waals surface area (Å²) in [6.45, 7) is 0.454. The molecule has 0 bridgehead atoms. The summed E-state index contributed by atoms with van der Waals surface area (Å²) in [5.41, 5.74) is 1.94. The Morgan fingerprint density at radius 2 is 1.96 bits per heavy atom. The third-order valence-corrected chi connectivity index (χ3v) is 4.47. The van der Waals surface area contributed by atoms with Crippen LogP contribution in [0.4, 0.5) is 0 Å². The fourth-order valence-corrected chi connectivity index (χ4v) is 2.97. The molecule has 6 heteroatoms. The molecule has 0 atom stereocenters. The summed E-state index contributed by atoms with van der Waals surface area (Å²) < 4.78 is 5.51. The Morgan fingerprint density at radius 1 is 1.23 bits per heavy atom. The number of benzene rings is 2. The van der Waals surface area contributed by atoms with Crippen LogP contribution in [0.2, 0.25) is 5.02 Å². The molecule has 1 aliphatic heterocycles. The van der Waals surface area contributed by atoms with Crippen molar-refractivity contribution in [3.8, 4) is 18.1 Å². The van der Waals surface area contributed by atoms with Crippen molar-refractivity contribution in [3.05, 3.63) is 70.4 Å². The van der Waals surface area contributed by atoms with Crippen LogP contribution in [0.1, 0.15) is 11.1 Å². The van der Waals surface area contributed by atoms with Gasteiger partial charge in [-0.25, -0.2) is 0 Å². The number of hydrogen-bond donors (Lipinski definition) is 1. The first-order chi connectivity index (χ1) is 12.6. The topological polar surface area (TPSA) is 41.6 Å². The van der Waals surface area contributed by atoms with E-state index in [-0.39, 0.29) is 12.5 Å². The zero-order chi connectivity index (χ0) is 18.5. The summed E-state index contributed by atoms with van der Waals surface area (Å²) in [4.78, 5) is 14.2. The molecule has 0 saturated carbocycles. The van der Waals surface area contributed by atoms with Gasteiger partial charge < -0.3 is 10.1 Å². The minimum Gasteiger partial charge on any atom is -0.480 e. The van der Waals surface area contributed by atoms with Crippen molar-refractivity contribution < 1.29 is 9.53 Å². The van der Waals surface area contributed by atoms with Crippen LogP contribution >= 0.6 is 23.8 Å². The van der Waals surface area contributed by atoms with E-state index in [0.29, 0.717) is 28.1 Å². The molecule has 26 heavy (non-hydrogen) atoms. The maximum atomic E-state index is 12.8. The highest BCUT2D eigenvalue weighted by molar-refractivity contribution is 7.80. The largest absolute Gasteiger partial charge is 0.480 e. The Bertz CT molecular complexity index is 933. The van der Waals surface area contributed by atoms with Gasteiger partial charge in [-0.3, -0.25) is 9.69 Å². The normalized spacial score (nSPS) is 15.1. The number of nitrogens with one attached hydrogen (secondary N) is 1. The van der Waals surface area contributed by atoms with Gasteiger partial charge in [-0.1, -0.05) is 53.9 Å². The van der Waals surface area contributed by atoms with Gasteiger partial charge in [-0.2, -0.15) is 0 Å². The van der Waals surface area contributed by atoms with Gasteiger partial charge in [0.1, 0.15) is 18.1 Å². The lowest BCUT2D eigenvalue weighted by molar-refractivity contribution is -0.122. The molecule has 1 N–H and O–H groups in total. The minimum atomic E-state index is -0.221. The van der Waals surface area contributed by atoms with Gasteiger partial charge in [-0.15, -0.1) is 6.42 Å². The van der Waals surface area contributed by atoms with E-state index >= 15 is 0 Å². The number of nitrogens with zero attached hydrogens (tertiary/aromatic N) is 1. The van der Waals surface area contributed by atoms with Gasteiger partial charge in [0, 0.05) is 10.6 Å². The van der Waals surface area contributed by atoms with E-state index in [2.05, 4.69) is 11.2 Å². The number of carbonyl (C=O) groups is 1. The number of amides is 1. The van der Waals surface area contributed by atoms with Gasteiger partial charge in [-0.05, 0) is 36.0 Å². The van der Waals surface area contributed by atoms with Crippen molar-refractivity contribution in [1.82, 2.24) is 10.2 Å². The number of thiocarbonyl (C=S) groups is 1. The van der Waals surface area contributed by atoms with Crippen LogP contribution in [-0.2, 0) is 11.3 Å². The maximum absolute atomic E-state index is 12.8. The standard InChI is InChI=1S/C20H15ClN2O2S/c1-2-11-25-18-10-6-4-7-14(18)12-17-19(24)23(20(26)22-17)13-15-8-3-5-9-16(15)21/h1,3-10,12H,11,13H2,(H,22,26). The smallest absolute Gasteiger partial charge is 0.276 e. The number of hydrogen-bond acceptors (Lipinski definition) is 3. The number of halogens is 1. The van der Waals surface area contributed by atoms with E-state index in [1.807, 2.05) is 36.4 Å². The summed E-state index contributed by atoms with van der Waals surface area (Å²) in [6.07, 6.45) is 6.94. The SMILES string of the molecule is C#CCOc1ccccc1C=C1NC(=S)N(Cc2ccccc2Cl)C1=O. The van der Waals surface area contributed by atoms with E-state index in [1.165, 1.54) is 4.90 Å². The third kappa shape index (κ3) is 3.88. The monoisotopic (exact) mass is 382 g/mol. The van der Waals surface area contributed by atoms with Crippen molar-refractivity contribution in [2.24, 2.45) is 0 Å². The summed E-state index contributed by atoms with van der Waals surface area (Å²) in [5, 5.41) is 3.88. The van der Waals surface area contributed by atoms with Crippen molar-refractivity contribution in [3.63, 3.8) is 0 Å². The Labute approximate surface area is 162 Å². The van der Waals surface area contributed by atoms with Gasteiger partial charge >= 0.3 is 0 Å². The Hall–Kier alpha value is -2.81. The predicted molar refractivity (Wildman–Crippen MR) is 106 cm³/mol. The molecular weight excluding hydrogens is 368 g/mol. The summed E-state index contributed by atoms with van der Waals surface area (Å²) in [7, 11) is 0. The Balaban J connectivity index is 1.84. The molecule has 2 aromatic rings. The van der Waals surface area contributed by atoms with Crippen LogP contribution in [0.3, 0.4) is 0 Å². The zero-order valence-corrected chi connectivity index (χ0v) is 15.3. The molecular formula is C20H15ClN2O2S. The molecule has 0 spiro atoms. The molecule has 1 heterocycles. The molecule has 130 valence electrons. The molecule has 1 amide bonds. The average molecular weight is 383 g/mol. The molecule has 0 aromatic heterocycles. The molecule has 0 aliphatic carbocycles. The van der Waals surface area contributed by atoms with E-state index < -0.39 is 0 Å². The lowest BCUT2D eigenvalue weighted by Gasteiger charge is -2.14. The van der Waals surface area contributed by atoms with Crippen LogP contribution in [0.5, 0.6) is 5.75 Å². The van der Waals surface area contributed by atoms with Crippen molar-refractivity contribution in [1.29, 1.82) is 0 Å². The quantitative estimate of drug-likeness (QED) is 0.487. The molecule has 0 unspecified atom stereocenters. The van der Waals surface area contributed by atoms with Gasteiger partial charge in [0.25, 0.3) is 5.91 Å². The lowest BCUT2D eigenvalue weighted by atomic mass is 10.1. The lowest BCUT2D eigenvalue weighted by Crippen LogP contribution is -2.30. The van der Waals surface area contributed by atoms with Gasteiger partial charge in [0.2, 0.25) is 0 Å². The third-order valence-electron chi connectivity index (χ3n) is 3.78. The average Bonchev–Trinajstić information content (AvgIpc) is 2.90. The van der Waals surface area contributed by atoms with Crippen LogP contribution in [0.15, 0.2) is 54.2 Å². The first-order valence-corrected chi connectivity index (χ1v) is 8.62. The summed E-state index contributed by atoms with van der Waals surface area (Å²) in [6, 6.07) is 14.7. The van der Waals surface area contributed by atoms with E-state index in [1.54, 1.807) is 18.2 Å². The van der Waals surface area contributed by atoms with Crippen LogP contribution in [0, 0.1) is 12.3 Å². The van der Waals surface area contributed by atoms with E-state index in [9.17, 15) is 4.79 Å². The summed E-state index contributed by atoms with van der Waals surface area (Å²) in [5.74, 6) is 2.80. The number of ether oxygens (including phenoxy) is 1.